The molecule has 0 spiro atoms. The average Bonchev–Trinajstić information content (AvgIpc) is 2.07. The third-order valence-electron chi connectivity index (χ3n) is 1.25. The average molecular weight is 225 g/mol. The lowest BCUT2D eigenvalue weighted by Crippen LogP contribution is -2.30. The normalized spacial score (nSPS) is 11.1. The van der Waals surface area contributed by atoms with Crippen molar-refractivity contribution in [3.63, 3.8) is 0 Å². The number of pyridine rings is 1. The molecule has 0 aliphatic rings. The van der Waals surface area contributed by atoms with E-state index in [-0.39, 0.29) is 10.8 Å². The van der Waals surface area contributed by atoms with Crippen molar-refractivity contribution in [2.45, 2.75) is 6.18 Å². The summed E-state index contributed by atoms with van der Waals surface area (Å²) in [5.41, 5.74) is 0. The number of alkyl halides is 3. The number of rotatable bonds is 1. The number of hydrogen-bond acceptors (Lipinski definition) is 2. The number of carbonyl (C=O) groups is 1. The lowest BCUT2D eigenvalue weighted by atomic mass is 10.4. The summed E-state index contributed by atoms with van der Waals surface area (Å²) in [7, 11) is 0. The molecular formula is C7H4ClF3N2O. The second-order valence-electron chi connectivity index (χ2n) is 2.29. The molecule has 76 valence electrons. The maximum atomic E-state index is 11.8. The molecule has 3 nitrogen and oxygen atoms in total. The second-order valence-corrected chi connectivity index (χ2v) is 2.69. The minimum absolute atomic E-state index is 0.0508. The van der Waals surface area contributed by atoms with E-state index in [0.717, 1.165) is 0 Å². The van der Waals surface area contributed by atoms with Gasteiger partial charge in [-0.25, -0.2) is 4.98 Å². The highest BCUT2D eigenvalue weighted by molar-refractivity contribution is 6.33. The molecule has 0 radical (unpaired) electrons. The van der Waals surface area contributed by atoms with Gasteiger partial charge in [0.25, 0.3) is 0 Å². The van der Waals surface area contributed by atoms with E-state index in [1.807, 2.05) is 0 Å². The highest BCUT2D eigenvalue weighted by Gasteiger charge is 2.39. The van der Waals surface area contributed by atoms with Gasteiger partial charge < -0.3 is 5.32 Å². The highest BCUT2D eigenvalue weighted by Crippen LogP contribution is 2.21. The Morgan fingerprint density at radius 2 is 2.14 bits per heavy atom. The second kappa shape index (κ2) is 3.83. The zero-order valence-electron chi connectivity index (χ0n) is 6.60. The molecule has 0 bridgehead atoms. The van der Waals surface area contributed by atoms with Crippen LogP contribution in [0.2, 0.25) is 5.02 Å². The summed E-state index contributed by atoms with van der Waals surface area (Å²) in [5.74, 6) is -2.41. The van der Waals surface area contributed by atoms with Crippen molar-refractivity contribution < 1.29 is 18.0 Å². The third-order valence-corrected chi connectivity index (χ3v) is 1.55. The van der Waals surface area contributed by atoms with Crippen LogP contribution < -0.4 is 5.32 Å². The number of aromatic nitrogens is 1. The molecule has 7 heteroatoms. The Bertz CT molecular complexity index is 353. The smallest absolute Gasteiger partial charge is 0.302 e. The minimum Gasteiger partial charge on any atom is -0.302 e. The van der Waals surface area contributed by atoms with Gasteiger partial charge in [-0.1, -0.05) is 11.6 Å². The molecule has 1 aromatic heterocycles. The molecule has 0 atom stereocenters. The maximum absolute atomic E-state index is 11.8. The molecule has 1 heterocycles. The molecule has 0 aromatic carbocycles. The Balaban J connectivity index is 2.80. The van der Waals surface area contributed by atoms with Gasteiger partial charge in [-0.05, 0) is 12.1 Å². The van der Waals surface area contributed by atoms with Crippen molar-refractivity contribution >= 4 is 23.3 Å². The number of amides is 1. The van der Waals surface area contributed by atoms with E-state index in [9.17, 15) is 18.0 Å². The molecular weight excluding hydrogens is 221 g/mol. The van der Waals surface area contributed by atoms with Gasteiger partial charge in [0.1, 0.15) is 0 Å². The predicted molar refractivity (Wildman–Crippen MR) is 43.9 cm³/mol. The first kappa shape index (κ1) is 10.8. The summed E-state index contributed by atoms with van der Waals surface area (Å²) in [5, 5.41) is 1.49. The van der Waals surface area contributed by atoms with Crippen LogP contribution in [0.4, 0.5) is 19.0 Å². The van der Waals surface area contributed by atoms with Crippen molar-refractivity contribution in [1.29, 1.82) is 0 Å². The van der Waals surface area contributed by atoms with Crippen molar-refractivity contribution in [3.8, 4) is 0 Å². The Kier molecular flexibility index (Phi) is 2.95. The summed E-state index contributed by atoms with van der Waals surface area (Å²) >= 11 is 5.47. The summed E-state index contributed by atoms with van der Waals surface area (Å²) in [6.45, 7) is 0. The first-order valence-corrected chi connectivity index (χ1v) is 3.78. The summed E-state index contributed by atoms with van der Waals surface area (Å²) < 4.78 is 35.4. The van der Waals surface area contributed by atoms with Gasteiger partial charge in [-0.3, -0.25) is 4.79 Å². The number of anilines is 1. The molecule has 0 unspecified atom stereocenters. The topological polar surface area (TPSA) is 42.0 Å². The largest absolute Gasteiger partial charge is 0.471 e. The van der Waals surface area contributed by atoms with Crippen LogP contribution >= 0.6 is 11.6 Å². The Hall–Kier alpha value is -1.30. The number of halogens is 4. The van der Waals surface area contributed by atoms with E-state index in [1.165, 1.54) is 18.3 Å². The fraction of sp³-hybridized carbons (Fsp3) is 0.143. The van der Waals surface area contributed by atoms with E-state index in [1.54, 1.807) is 5.32 Å². The van der Waals surface area contributed by atoms with Crippen LogP contribution in [0, 0.1) is 0 Å². The molecule has 14 heavy (non-hydrogen) atoms. The minimum atomic E-state index is -4.94. The van der Waals surface area contributed by atoms with Crippen molar-refractivity contribution in [3.05, 3.63) is 23.4 Å². The quantitative estimate of drug-likeness (QED) is 0.795. The molecule has 0 saturated carbocycles. The van der Waals surface area contributed by atoms with Crippen LogP contribution in [-0.4, -0.2) is 17.1 Å². The molecule has 1 rings (SSSR count). The summed E-state index contributed by atoms with van der Waals surface area (Å²) in [6, 6.07) is 2.76. The first-order valence-electron chi connectivity index (χ1n) is 3.40. The van der Waals surface area contributed by atoms with Gasteiger partial charge in [-0.15, -0.1) is 0 Å². The molecule has 1 amide bonds. The van der Waals surface area contributed by atoms with E-state index in [0.29, 0.717) is 0 Å². The summed E-state index contributed by atoms with van der Waals surface area (Å²) in [6.07, 6.45) is -3.72. The predicted octanol–water partition coefficient (Wildman–Crippen LogP) is 2.24. The molecule has 0 aliphatic heterocycles. The van der Waals surface area contributed by atoms with Crippen molar-refractivity contribution in [2.75, 3.05) is 5.32 Å². The lowest BCUT2D eigenvalue weighted by molar-refractivity contribution is -0.167. The summed E-state index contributed by atoms with van der Waals surface area (Å²) in [4.78, 5) is 13.9. The Morgan fingerprint density at radius 1 is 1.50 bits per heavy atom. The van der Waals surface area contributed by atoms with Crippen LogP contribution in [0.5, 0.6) is 0 Å². The van der Waals surface area contributed by atoms with Gasteiger partial charge >= 0.3 is 12.1 Å². The molecule has 1 N–H and O–H groups in total. The molecule has 1 aromatic rings. The fourth-order valence-electron chi connectivity index (χ4n) is 0.656. The van der Waals surface area contributed by atoms with Crippen molar-refractivity contribution in [2.24, 2.45) is 0 Å². The zero-order valence-corrected chi connectivity index (χ0v) is 7.36. The van der Waals surface area contributed by atoms with Crippen LogP contribution in [0.3, 0.4) is 0 Å². The van der Waals surface area contributed by atoms with Crippen LogP contribution in [-0.2, 0) is 4.79 Å². The first-order chi connectivity index (χ1) is 6.41. The molecule has 0 saturated heterocycles. The highest BCUT2D eigenvalue weighted by atomic mass is 35.5. The standard InChI is InChI=1S/C7H4ClF3N2O/c8-4-2-1-3-12-5(4)13-6(14)7(9,10)11/h1-3H,(H,12,13,14). The van der Waals surface area contributed by atoms with Gasteiger partial charge in [0.2, 0.25) is 0 Å². The number of hydrogen-bond donors (Lipinski definition) is 1. The van der Waals surface area contributed by atoms with E-state index < -0.39 is 12.1 Å². The zero-order chi connectivity index (χ0) is 10.8. The molecule has 0 fully saturated rings. The number of nitrogens with one attached hydrogen (secondary N) is 1. The van der Waals surface area contributed by atoms with E-state index in [2.05, 4.69) is 4.98 Å². The van der Waals surface area contributed by atoms with E-state index >= 15 is 0 Å². The number of carbonyl (C=O) groups excluding carboxylic acids is 1. The lowest BCUT2D eigenvalue weighted by Gasteiger charge is -2.07. The van der Waals surface area contributed by atoms with E-state index in [4.69, 9.17) is 11.6 Å². The molecule has 0 aliphatic carbocycles. The van der Waals surface area contributed by atoms with Gasteiger partial charge in [0.05, 0.1) is 5.02 Å². The van der Waals surface area contributed by atoms with Crippen LogP contribution in [0.1, 0.15) is 0 Å². The van der Waals surface area contributed by atoms with Gasteiger partial charge in [0, 0.05) is 6.20 Å². The number of nitrogens with zero attached hydrogens (tertiary/aromatic N) is 1. The third kappa shape index (κ3) is 2.59. The van der Waals surface area contributed by atoms with Crippen LogP contribution in [0.15, 0.2) is 18.3 Å². The Morgan fingerprint density at radius 3 is 2.64 bits per heavy atom. The fourth-order valence-corrected chi connectivity index (χ4v) is 0.825. The van der Waals surface area contributed by atoms with Gasteiger partial charge in [-0.2, -0.15) is 13.2 Å². The van der Waals surface area contributed by atoms with Crippen molar-refractivity contribution in [1.82, 2.24) is 4.98 Å². The maximum Gasteiger partial charge on any atom is 0.471 e. The monoisotopic (exact) mass is 224 g/mol. The van der Waals surface area contributed by atoms with Gasteiger partial charge in [0.15, 0.2) is 5.82 Å². The SMILES string of the molecule is O=C(Nc1ncccc1Cl)C(F)(F)F. The Labute approximate surface area is 81.9 Å². The van der Waals surface area contributed by atoms with Crippen LogP contribution in [0.25, 0.3) is 0 Å².